The fourth-order valence-corrected chi connectivity index (χ4v) is 2.12. The highest BCUT2D eigenvalue weighted by Crippen LogP contribution is 2.41. The molecule has 2 rings (SSSR count). The Morgan fingerprint density at radius 1 is 1.24 bits per heavy atom. The molecule has 1 aromatic rings. The van der Waals surface area contributed by atoms with Gasteiger partial charge in [0.05, 0.1) is 5.56 Å². The lowest BCUT2D eigenvalue weighted by atomic mass is 9.76. The molecule has 1 aromatic carbocycles. The van der Waals surface area contributed by atoms with Crippen molar-refractivity contribution < 1.29 is 17.6 Å². The summed E-state index contributed by atoms with van der Waals surface area (Å²) in [4.78, 5) is 0. The van der Waals surface area contributed by atoms with Gasteiger partial charge in [0.15, 0.2) is 0 Å². The van der Waals surface area contributed by atoms with Crippen LogP contribution in [0.4, 0.5) is 17.6 Å². The summed E-state index contributed by atoms with van der Waals surface area (Å²) in [5, 5.41) is 0. The molecule has 1 saturated carbocycles. The highest BCUT2D eigenvalue weighted by Gasteiger charge is 2.37. The van der Waals surface area contributed by atoms with E-state index in [9.17, 15) is 17.6 Å². The van der Waals surface area contributed by atoms with E-state index >= 15 is 0 Å². The van der Waals surface area contributed by atoms with Gasteiger partial charge in [-0.1, -0.05) is 12.5 Å². The van der Waals surface area contributed by atoms with Crippen molar-refractivity contribution in [2.45, 2.75) is 31.5 Å². The van der Waals surface area contributed by atoms with E-state index in [1.165, 1.54) is 0 Å². The van der Waals surface area contributed by atoms with Gasteiger partial charge in [-0.25, -0.2) is 4.39 Å². The van der Waals surface area contributed by atoms with Crippen molar-refractivity contribution in [1.29, 1.82) is 0 Å². The molecule has 0 radical (unpaired) electrons. The van der Waals surface area contributed by atoms with Gasteiger partial charge in [-0.05, 0) is 36.5 Å². The smallest absolute Gasteiger partial charge is 0.324 e. The largest absolute Gasteiger partial charge is 0.416 e. The summed E-state index contributed by atoms with van der Waals surface area (Å²) in [6, 6.07) is 2.05. The first-order valence-electron chi connectivity index (χ1n) is 5.52. The number of rotatable bonds is 2. The number of alkyl halides is 3. The molecule has 1 atom stereocenters. The number of nitrogens with two attached hydrogens (primary N) is 1. The maximum absolute atomic E-state index is 12.9. The second-order valence-electron chi connectivity index (χ2n) is 4.45. The van der Waals surface area contributed by atoms with E-state index in [2.05, 4.69) is 0 Å². The van der Waals surface area contributed by atoms with E-state index in [-0.39, 0.29) is 11.5 Å². The Hall–Kier alpha value is -1.10. The van der Waals surface area contributed by atoms with Crippen LogP contribution in [0, 0.1) is 11.7 Å². The lowest BCUT2D eigenvalue weighted by molar-refractivity contribution is -0.138. The Morgan fingerprint density at radius 3 is 2.35 bits per heavy atom. The normalized spacial score (nSPS) is 18.9. The monoisotopic (exact) mass is 247 g/mol. The fourth-order valence-electron chi connectivity index (χ4n) is 2.12. The Morgan fingerprint density at radius 2 is 1.88 bits per heavy atom. The van der Waals surface area contributed by atoms with Gasteiger partial charge in [-0.2, -0.15) is 13.2 Å². The fraction of sp³-hybridized carbons (Fsp3) is 0.500. The Balaban J connectivity index is 2.38. The zero-order chi connectivity index (χ0) is 12.6. The molecule has 5 heteroatoms. The number of hydrogen-bond acceptors (Lipinski definition) is 1. The van der Waals surface area contributed by atoms with E-state index in [4.69, 9.17) is 5.73 Å². The third kappa shape index (κ3) is 2.44. The topological polar surface area (TPSA) is 26.0 Å². The molecule has 0 saturated heterocycles. The third-order valence-electron chi connectivity index (χ3n) is 3.34. The molecule has 0 heterocycles. The average Bonchev–Trinajstić information content (AvgIpc) is 2.13. The van der Waals surface area contributed by atoms with Crippen LogP contribution in [0.2, 0.25) is 0 Å². The van der Waals surface area contributed by atoms with E-state index in [1.807, 2.05) is 0 Å². The van der Waals surface area contributed by atoms with Crippen molar-refractivity contribution in [2.24, 2.45) is 11.7 Å². The summed E-state index contributed by atoms with van der Waals surface area (Å²) in [5.41, 5.74) is 4.88. The molecule has 0 aromatic heterocycles. The van der Waals surface area contributed by atoms with Crippen molar-refractivity contribution in [3.05, 3.63) is 35.1 Å². The second-order valence-corrected chi connectivity index (χ2v) is 4.45. The summed E-state index contributed by atoms with van der Waals surface area (Å²) in [6.07, 6.45) is -1.87. The zero-order valence-corrected chi connectivity index (χ0v) is 9.10. The molecular weight excluding hydrogens is 234 g/mol. The summed E-state index contributed by atoms with van der Waals surface area (Å²) in [6.45, 7) is 0. The van der Waals surface area contributed by atoms with Gasteiger partial charge < -0.3 is 5.73 Å². The zero-order valence-electron chi connectivity index (χ0n) is 9.10. The lowest BCUT2D eigenvalue weighted by Crippen LogP contribution is -2.29. The van der Waals surface area contributed by atoms with Crippen LogP contribution in [0.3, 0.4) is 0 Å². The van der Waals surface area contributed by atoms with Gasteiger partial charge in [0, 0.05) is 6.04 Å². The molecule has 0 bridgehead atoms. The summed E-state index contributed by atoms with van der Waals surface area (Å²) in [7, 11) is 0. The van der Waals surface area contributed by atoms with Gasteiger partial charge in [0.1, 0.15) is 5.82 Å². The quantitative estimate of drug-likeness (QED) is 0.793. The van der Waals surface area contributed by atoms with Gasteiger partial charge in [-0.15, -0.1) is 0 Å². The third-order valence-corrected chi connectivity index (χ3v) is 3.34. The van der Waals surface area contributed by atoms with E-state index in [0.717, 1.165) is 31.4 Å². The minimum Gasteiger partial charge on any atom is -0.324 e. The molecule has 17 heavy (non-hydrogen) atoms. The number of hydrogen-bond donors (Lipinski definition) is 1. The Labute approximate surface area is 96.6 Å². The first kappa shape index (κ1) is 12.4. The number of benzene rings is 1. The summed E-state index contributed by atoms with van der Waals surface area (Å²) in [5.74, 6) is -0.802. The maximum atomic E-state index is 12.9. The van der Waals surface area contributed by atoms with Crippen molar-refractivity contribution in [3.8, 4) is 0 Å². The van der Waals surface area contributed by atoms with Gasteiger partial charge in [0.2, 0.25) is 0 Å². The Bertz CT molecular complexity index is 409. The highest BCUT2D eigenvalue weighted by molar-refractivity contribution is 5.33. The molecular formula is C12H13F4N. The van der Waals surface area contributed by atoms with Crippen LogP contribution in [-0.2, 0) is 6.18 Å². The van der Waals surface area contributed by atoms with E-state index < -0.39 is 23.6 Å². The molecule has 2 N–H and O–H groups in total. The molecule has 94 valence electrons. The number of halogens is 4. The lowest BCUT2D eigenvalue weighted by Gasteiger charge is -2.32. The molecule has 1 aliphatic carbocycles. The SMILES string of the molecule is N[C@H](c1ccc(F)cc1C(F)(F)F)C1CCC1. The average molecular weight is 247 g/mol. The standard InChI is InChI=1S/C12H13F4N/c13-8-4-5-9(10(6-8)12(14,15)16)11(17)7-2-1-3-7/h4-7,11H,1-3,17H2/t11-/m0/s1. The van der Waals surface area contributed by atoms with Crippen molar-refractivity contribution >= 4 is 0 Å². The van der Waals surface area contributed by atoms with Crippen LogP contribution >= 0.6 is 0 Å². The van der Waals surface area contributed by atoms with E-state index in [0.29, 0.717) is 6.07 Å². The van der Waals surface area contributed by atoms with Crippen LogP contribution in [0.15, 0.2) is 18.2 Å². The van der Waals surface area contributed by atoms with Gasteiger partial charge in [-0.3, -0.25) is 0 Å². The van der Waals surface area contributed by atoms with Gasteiger partial charge >= 0.3 is 6.18 Å². The minimum atomic E-state index is -4.56. The highest BCUT2D eigenvalue weighted by atomic mass is 19.4. The predicted molar refractivity (Wildman–Crippen MR) is 55.7 cm³/mol. The molecule has 0 unspecified atom stereocenters. The van der Waals surface area contributed by atoms with Crippen molar-refractivity contribution in [3.63, 3.8) is 0 Å². The summed E-state index contributed by atoms with van der Waals surface area (Å²) < 4.78 is 51.2. The van der Waals surface area contributed by atoms with Crippen LogP contribution in [0.1, 0.15) is 36.4 Å². The Kier molecular flexibility index (Phi) is 3.12. The first-order valence-corrected chi connectivity index (χ1v) is 5.52. The molecule has 0 amide bonds. The van der Waals surface area contributed by atoms with Crippen LogP contribution < -0.4 is 5.73 Å². The second kappa shape index (κ2) is 4.29. The molecule has 1 aliphatic rings. The van der Waals surface area contributed by atoms with Crippen molar-refractivity contribution in [2.75, 3.05) is 0 Å². The van der Waals surface area contributed by atoms with Gasteiger partial charge in [0.25, 0.3) is 0 Å². The maximum Gasteiger partial charge on any atom is 0.416 e. The van der Waals surface area contributed by atoms with Crippen LogP contribution in [0.5, 0.6) is 0 Å². The van der Waals surface area contributed by atoms with Crippen LogP contribution in [0.25, 0.3) is 0 Å². The molecule has 1 fully saturated rings. The molecule has 1 nitrogen and oxygen atoms in total. The van der Waals surface area contributed by atoms with E-state index in [1.54, 1.807) is 0 Å². The van der Waals surface area contributed by atoms with Crippen LogP contribution in [-0.4, -0.2) is 0 Å². The first-order chi connectivity index (χ1) is 7.89. The van der Waals surface area contributed by atoms with Crippen molar-refractivity contribution in [1.82, 2.24) is 0 Å². The minimum absolute atomic E-state index is 0.00333. The summed E-state index contributed by atoms with van der Waals surface area (Å²) >= 11 is 0. The molecule has 0 spiro atoms. The molecule has 0 aliphatic heterocycles. The predicted octanol–water partition coefficient (Wildman–Crippen LogP) is 3.64.